The zero-order valence-corrected chi connectivity index (χ0v) is 13.1. The van der Waals surface area contributed by atoms with Crippen molar-refractivity contribution < 1.29 is 19.4 Å². The molecule has 1 rings (SSSR count). The molecule has 116 valence electrons. The number of carbonyl (C=O) groups excluding carboxylic acids is 1. The van der Waals surface area contributed by atoms with Crippen molar-refractivity contribution in [2.45, 2.75) is 32.2 Å². The lowest BCUT2D eigenvalue weighted by molar-refractivity contribution is -0.142. The fraction of sp³-hybridized carbons (Fsp3) is 0.429. The number of hydrogen-bond acceptors (Lipinski definition) is 3. The van der Waals surface area contributed by atoms with E-state index in [1.54, 1.807) is 12.1 Å². The number of benzene rings is 1. The van der Waals surface area contributed by atoms with Crippen LogP contribution in [-0.2, 0) is 9.59 Å². The molecule has 1 aromatic carbocycles. The summed E-state index contributed by atoms with van der Waals surface area (Å²) in [4.78, 5) is 22.7. The van der Waals surface area contributed by atoms with Gasteiger partial charge in [0.25, 0.3) is 5.91 Å². The van der Waals surface area contributed by atoms with E-state index in [-0.39, 0.29) is 6.61 Å². The van der Waals surface area contributed by atoms with Crippen molar-refractivity contribution in [2.24, 2.45) is 0 Å². The van der Waals surface area contributed by atoms with Crippen LogP contribution in [0.4, 0.5) is 0 Å². The number of hydrogen-bond donors (Lipinski definition) is 2. The van der Waals surface area contributed by atoms with Gasteiger partial charge in [0.05, 0.1) is 10.0 Å². The van der Waals surface area contributed by atoms with Crippen LogP contribution in [0.15, 0.2) is 18.2 Å². The molecule has 7 heteroatoms. The summed E-state index contributed by atoms with van der Waals surface area (Å²) in [5, 5.41) is 12.1. The SMILES string of the molecule is CCCCC(NC(=O)COc1ccc(Cl)c(Cl)c1)C(=O)O. The highest BCUT2D eigenvalue weighted by atomic mass is 35.5. The summed E-state index contributed by atoms with van der Waals surface area (Å²) >= 11 is 11.6. The molecule has 2 N–H and O–H groups in total. The molecule has 0 fully saturated rings. The van der Waals surface area contributed by atoms with Crippen molar-refractivity contribution in [1.29, 1.82) is 0 Å². The third kappa shape index (κ3) is 6.23. The summed E-state index contributed by atoms with van der Waals surface area (Å²) in [7, 11) is 0. The zero-order chi connectivity index (χ0) is 15.8. The minimum Gasteiger partial charge on any atom is -0.484 e. The first kappa shape index (κ1) is 17.6. The van der Waals surface area contributed by atoms with E-state index in [1.165, 1.54) is 6.07 Å². The smallest absolute Gasteiger partial charge is 0.326 e. The molecule has 1 unspecified atom stereocenters. The lowest BCUT2D eigenvalue weighted by Gasteiger charge is -2.14. The second kappa shape index (κ2) is 8.74. The van der Waals surface area contributed by atoms with E-state index in [9.17, 15) is 9.59 Å². The van der Waals surface area contributed by atoms with Crippen LogP contribution in [0.3, 0.4) is 0 Å². The summed E-state index contributed by atoms with van der Waals surface area (Å²) in [5.41, 5.74) is 0. The Labute approximate surface area is 133 Å². The lowest BCUT2D eigenvalue weighted by Crippen LogP contribution is -2.42. The average Bonchev–Trinajstić information content (AvgIpc) is 2.44. The highest BCUT2D eigenvalue weighted by Gasteiger charge is 2.19. The van der Waals surface area contributed by atoms with Gasteiger partial charge in [0.15, 0.2) is 6.61 Å². The summed E-state index contributed by atoms with van der Waals surface area (Å²) in [6.07, 6.45) is 1.98. The van der Waals surface area contributed by atoms with Gasteiger partial charge in [0, 0.05) is 6.07 Å². The summed E-state index contributed by atoms with van der Waals surface area (Å²) in [6.45, 7) is 1.67. The zero-order valence-electron chi connectivity index (χ0n) is 11.6. The third-order valence-electron chi connectivity index (χ3n) is 2.74. The molecular formula is C14H17Cl2NO4. The Morgan fingerprint density at radius 3 is 2.62 bits per heavy atom. The van der Waals surface area contributed by atoms with Gasteiger partial charge in [-0.15, -0.1) is 0 Å². The molecular weight excluding hydrogens is 317 g/mol. The van der Waals surface area contributed by atoms with Gasteiger partial charge in [-0.2, -0.15) is 0 Å². The number of carboxylic acid groups (broad SMARTS) is 1. The van der Waals surface area contributed by atoms with E-state index in [4.69, 9.17) is 33.0 Å². The second-order valence-corrected chi connectivity index (χ2v) is 5.28. The first-order valence-corrected chi connectivity index (χ1v) is 7.29. The van der Waals surface area contributed by atoms with Gasteiger partial charge in [0.2, 0.25) is 0 Å². The van der Waals surface area contributed by atoms with Gasteiger partial charge in [-0.3, -0.25) is 4.79 Å². The van der Waals surface area contributed by atoms with E-state index >= 15 is 0 Å². The van der Waals surface area contributed by atoms with Crippen LogP contribution in [0.25, 0.3) is 0 Å². The maximum atomic E-state index is 11.7. The number of rotatable bonds is 8. The number of ether oxygens (including phenoxy) is 1. The van der Waals surface area contributed by atoms with E-state index in [0.717, 1.165) is 12.8 Å². The van der Waals surface area contributed by atoms with Crippen molar-refractivity contribution in [3.63, 3.8) is 0 Å². The molecule has 1 aromatic rings. The molecule has 0 radical (unpaired) electrons. The molecule has 1 amide bonds. The topological polar surface area (TPSA) is 75.6 Å². The predicted octanol–water partition coefficient (Wildman–Crippen LogP) is 3.13. The fourth-order valence-electron chi connectivity index (χ4n) is 1.62. The van der Waals surface area contributed by atoms with Crippen LogP contribution in [0.1, 0.15) is 26.2 Å². The Kier molecular flexibility index (Phi) is 7.32. The maximum Gasteiger partial charge on any atom is 0.326 e. The predicted molar refractivity (Wildman–Crippen MR) is 81.0 cm³/mol. The molecule has 0 bridgehead atoms. The minimum atomic E-state index is -1.05. The molecule has 5 nitrogen and oxygen atoms in total. The normalized spacial score (nSPS) is 11.8. The monoisotopic (exact) mass is 333 g/mol. The first-order chi connectivity index (χ1) is 9.93. The molecule has 0 aliphatic rings. The van der Waals surface area contributed by atoms with Crippen LogP contribution in [-0.4, -0.2) is 29.6 Å². The van der Waals surface area contributed by atoms with E-state index in [0.29, 0.717) is 22.2 Å². The Morgan fingerprint density at radius 1 is 1.33 bits per heavy atom. The van der Waals surface area contributed by atoms with Crippen molar-refractivity contribution in [3.8, 4) is 5.75 Å². The van der Waals surface area contributed by atoms with Gasteiger partial charge in [0.1, 0.15) is 11.8 Å². The van der Waals surface area contributed by atoms with Crippen LogP contribution in [0, 0.1) is 0 Å². The van der Waals surface area contributed by atoms with Crippen LogP contribution in [0.2, 0.25) is 10.0 Å². The molecule has 0 spiro atoms. The number of unbranched alkanes of at least 4 members (excludes halogenated alkanes) is 1. The largest absolute Gasteiger partial charge is 0.484 e. The third-order valence-corrected chi connectivity index (χ3v) is 3.48. The highest BCUT2D eigenvalue weighted by molar-refractivity contribution is 6.42. The Balaban J connectivity index is 2.48. The first-order valence-electron chi connectivity index (χ1n) is 6.54. The van der Waals surface area contributed by atoms with Crippen molar-refractivity contribution in [2.75, 3.05) is 6.61 Å². The minimum absolute atomic E-state index is 0.284. The quantitative estimate of drug-likeness (QED) is 0.766. The van der Waals surface area contributed by atoms with Crippen molar-refractivity contribution in [3.05, 3.63) is 28.2 Å². The van der Waals surface area contributed by atoms with Crippen LogP contribution in [0.5, 0.6) is 5.75 Å². The number of halogens is 2. The van der Waals surface area contributed by atoms with Gasteiger partial charge >= 0.3 is 5.97 Å². The number of carbonyl (C=O) groups is 2. The van der Waals surface area contributed by atoms with Gasteiger partial charge in [-0.25, -0.2) is 4.79 Å². The lowest BCUT2D eigenvalue weighted by atomic mass is 10.1. The summed E-state index contributed by atoms with van der Waals surface area (Å²) < 4.78 is 5.24. The summed E-state index contributed by atoms with van der Waals surface area (Å²) in [5.74, 6) is -1.16. The van der Waals surface area contributed by atoms with Crippen molar-refractivity contribution >= 4 is 35.1 Å². The van der Waals surface area contributed by atoms with Gasteiger partial charge in [-0.05, 0) is 18.6 Å². The maximum absolute atomic E-state index is 11.7. The number of aliphatic carboxylic acids is 1. The highest BCUT2D eigenvalue weighted by Crippen LogP contribution is 2.26. The molecule has 0 heterocycles. The van der Waals surface area contributed by atoms with E-state index < -0.39 is 17.9 Å². The Hall–Kier alpha value is -1.46. The summed E-state index contributed by atoms with van der Waals surface area (Å²) in [6, 6.07) is 3.73. The molecule has 0 aromatic heterocycles. The number of carboxylic acids is 1. The molecule has 0 saturated carbocycles. The van der Waals surface area contributed by atoms with Crippen LogP contribution < -0.4 is 10.1 Å². The second-order valence-electron chi connectivity index (χ2n) is 4.47. The molecule has 0 saturated heterocycles. The molecule has 1 atom stereocenters. The number of amides is 1. The Bertz CT molecular complexity index is 508. The molecule has 0 aliphatic heterocycles. The van der Waals surface area contributed by atoms with E-state index in [1.807, 2.05) is 6.92 Å². The Morgan fingerprint density at radius 2 is 2.05 bits per heavy atom. The van der Waals surface area contributed by atoms with Gasteiger partial charge < -0.3 is 15.2 Å². The molecule has 0 aliphatic carbocycles. The van der Waals surface area contributed by atoms with Crippen LogP contribution >= 0.6 is 23.2 Å². The standard InChI is InChI=1S/C14H17Cl2NO4/c1-2-3-4-12(14(19)20)17-13(18)8-21-9-5-6-10(15)11(16)7-9/h5-7,12H,2-4,8H2,1H3,(H,17,18)(H,19,20). The number of nitrogens with one attached hydrogen (secondary N) is 1. The van der Waals surface area contributed by atoms with E-state index in [2.05, 4.69) is 5.32 Å². The van der Waals surface area contributed by atoms with Gasteiger partial charge in [-0.1, -0.05) is 43.0 Å². The fourth-order valence-corrected chi connectivity index (χ4v) is 1.91. The average molecular weight is 334 g/mol. The van der Waals surface area contributed by atoms with Crippen molar-refractivity contribution in [1.82, 2.24) is 5.32 Å². The molecule has 21 heavy (non-hydrogen) atoms.